The number of aliphatic hydroxyl groups excluding tert-OH is 1. The summed E-state index contributed by atoms with van der Waals surface area (Å²) in [5, 5.41) is 14.9. The Bertz CT molecular complexity index is 598. The summed E-state index contributed by atoms with van der Waals surface area (Å²) in [6, 6.07) is 10.8. The number of anilines is 1. The van der Waals surface area contributed by atoms with E-state index in [-0.39, 0.29) is 18.6 Å². The molecular formula is C15H17ClN2O2S. The van der Waals surface area contributed by atoms with Crippen LogP contribution in [0.4, 0.5) is 5.69 Å². The van der Waals surface area contributed by atoms with Crippen LogP contribution in [0, 0.1) is 0 Å². The molecule has 6 heteroatoms. The largest absolute Gasteiger partial charge is 0.394 e. The van der Waals surface area contributed by atoms with Crippen LogP contribution in [0.2, 0.25) is 4.34 Å². The highest BCUT2D eigenvalue weighted by molar-refractivity contribution is 7.16. The molecule has 0 spiro atoms. The van der Waals surface area contributed by atoms with Crippen molar-refractivity contribution in [3.63, 3.8) is 0 Å². The predicted octanol–water partition coefficient (Wildman–Crippen LogP) is 3.12. The van der Waals surface area contributed by atoms with Crippen LogP contribution >= 0.6 is 22.9 Å². The summed E-state index contributed by atoms with van der Waals surface area (Å²) in [5.74, 6) is -0.187. The number of carbonyl (C=O) groups excluding carboxylic acids is 1. The average Bonchev–Trinajstić information content (AvgIpc) is 2.91. The molecule has 0 bridgehead atoms. The first kappa shape index (κ1) is 15.8. The van der Waals surface area contributed by atoms with Crippen molar-refractivity contribution >= 4 is 34.5 Å². The Kier molecular flexibility index (Phi) is 5.61. The lowest BCUT2D eigenvalue weighted by Gasteiger charge is -2.11. The molecule has 112 valence electrons. The molecule has 0 aliphatic rings. The SMILES string of the molecule is C[C@@H](CO)NC(=O)c1ccc(NCc2ccc(Cl)s2)cc1. The molecule has 0 aliphatic carbocycles. The number of halogens is 1. The number of nitrogens with one attached hydrogen (secondary N) is 2. The fraction of sp³-hybridized carbons (Fsp3) is 0.267. The van der Waals surface area contributed by atoms with Crippen LogP contribution < -0.4 is 10.6 Å². The van der Waals surface area contributed by atoms with Gasteiger partial charge in [0.25, 0.3) is 5.91 Å². The highest BCUT2D eigenvalue weighted by Gasteiger charge is 2.08. The maximum atomic E-state index is 11.9. The maximum Gasteiger partial charge on any atom is 0.251 e. The van der Waals surface area contributed by atoms with Crippen molar-refractivity contribution in [2.75, 3.05) is 11.9 Å². The zero-order valence-electron chi connectivity index (χ0n) is 11.6. The number of hydrogen-bond donors (Lipinski definition) is 3. The molecule has 21 heavy (non-hydrogen) atoms. The second-order valence-corrected chi connectivity index (χ2v) is 6.49. The molecule has 2 aromatic rings. The van der Waals surface area contributed by atoms with Gasteiger partial charge in [-0.15, -0.1) is 11.3 Å². The highest BCUT2D eigenvalue weighted by Crippen LogP contribution is 2.22. The van der Waals surface area contributed by atoms with E-state index in [1.165, 1.54) is 11.3 Å². The third kappa shape index (κ3) is 4.74. The topological polar surface area (TPSA) is 61.4 Å². The number of benzene rings is 1. The summed E-state index contributed by atoms with van der Waals surface area (Å²) in [7, 11) is 0. The summed E-state index contributed by atoms with van der Waals surface area (Å²) in [6.45, 7) is 2.37. The number of rotatable bonds is 6. The number of amides is 1. The Balaban J connectivity index is 1.91. The van der Waals surface area contributed by atoms with Gasteiger partial charge in [0.1, 0.15) is 0 Å². The molecule has 0 saturated carbocycles. The zero-order valence-corrected chi connectivity index (χ0v) is 13.2. The second-order valence-electron chi connectivity index (χ2n) is 4.69. The minimum Gasteiger partial charge on any atom is -0.394 e. The van der Waals surface area contributed by atoms with Crippen molar-refractivity contribution in [1.82, 2.24) is 5.32 Å². The van der Waals surface area contributed by atoms with Crippen LogP contribution in [0.3, 0.4) is 0 Å². The van der Waals surface area contributed by atoms with Crippen LogP contribution in [0.5, 0.6) is 0 Å². The summed E-state index contributed by atoms with van der Waals surface area (Å²) >= 11 is 7.42. The van der Waals surface area contributed by atoms with Crippen LogP contribution in [-0.2, 0) is 6.54 Å². The summed E-state index contributed by atoms with van der Waals surface area (Å²) in [6.07, 6.45) is 0. The molecule has 0 unspecified atom stereocenters. The van der Waals surface area contributed by atoms with Gasteiger partial charge in [0.2, 0.25) is 0 Å². The standard InChI is InChI=1S/C15H17ClN2O2S/c1-10(9-19)18-15(20)11-2-4-12(5-3-11)17-8-13-6-7-14(16)21-13/h2-7,10,17,19H,8-9H2,1H3,(H,18,20)/t10-/m0/s1. The molecule has 1 heterocycles. The quantitative estimate of drug-likeness (QED) is 0.765. The third-order valence-electron chi connectivity index (χ3n) is 2.89. The van der Waals surface area contributed by atoms with Crippen molar-refractivity contribution in [2.24, 2.45) is 0 Å². The van der Waals surface area contributed by atoms with Crippen LogP contribution in [0.15, 0.2) is 36.4 Å². The minimum absolute atomic E-state index is 0.0747. The van der Waals surface area contributed by atoms with E-state index in [0.29, 0.717) is 12.1 Å². The molecule has 0 aliphatic heterocycles. The molecule has 1 atom stereocenters. The van der Waals surface area contributed by atoms with Gasteiger partial charge >= 0.3 is 0 Å². The lowest BCUT2D eigenvalue weighted by molar-refractivity contribution is 0.0922. The number of thiophene rings is 1. The molecular weight excluding hydrogens is 308 g/mol. The van der Waals surface area contributed by atoms with Crippen LogP contribution in [0.1, 0.15) is 22.2 Å². The van der Waals surface area contributed by atoms with Crippen molar-refractivity contribution in [3.05, 3.63) is 51.2 Å². The minimum atomic E-state index is -0.251. The number of carbonyl (C=O) groups is 1. The fourth-order valence-electron chi connectivity index (χ4n) is 1.73. The lowest BCUT2D eigenvalue weighted by Crippen LogP contribution is -2.34. The van der Waals surface area contributed by atoms with Gasteiger partial charge in [-0.1, -0.05) is 11.6 Å². The first-order valence-corrected chi connectivity index (χ1v) is 7.78. The highest BCUT2D eigenvalue weighted by atomic mass is 35.5. The lowest BCUT2D eigenvalue weighted by atomic mass is 10.2. The molecule has 3 N–H and O–H groups in total. The monoisotopic (exact) mass is 324 g/mol. The van der Waals surface area contributed by atoms with Gasteiger partial charge in [-0.05, 0) is 43.3 Å². The van der Waals surface area contributed by atoms with Gasteiger partial charge in [-0.2, -0.15) is 0 Å². The Hall–Kier alpha value is -1.56. The van der Waals surface area contributed by atoms with E-state index in [1.54, 1.807) is 19.1 Å². The van der Waals surface area contributed by atoms with E-state index in [4.69, 9.17) is 16.7 Å². The van der Waals surface area contributed by atoms with E-state index in [0.717, 1.165) is 14.9 Å². The van der Waals surface area contributed by atoms with E-state index in [2.05, 4.69) is 10.6 Å². The maximum absolute atomic E-state index is 11.9. The second kappa shape index (κ2) is 7.45. The van der Waals surface area contributed by atoms with E-state index >= 15 is 0 Å². The summed E-state index contributed by atoms with van der Waals surface area (Å²) < 4.78 is 0.775. The normalized spacial score (nSPS) is 12.0. The summed E-state index contributed by atoms with van der Waals surface area (Å²) in [5.41, 5.74) is 1.51. The van der Waals surface area contributed by atoms with Gasteiger partial charge in [-0.25, -0.2) is 0 Å². The molecule has 0 radical (unpaired) electrons. The predicted molar refractivity (Wildman–Crippen MR) is 87.1 cm³/mol. The average molecular weight is 325 g/mol. The Morgan fingerprint density at radius 3 is 2.57 bits per heavy atom. The molecule has 0 saturated heterocycles. The number of aliphatic hydroxyl groups is 1. The van der Waals surface area contributed by atoms with Gasteiger partial charge in [-0.3, -0.25) is 4.79 Å². The van der Waals surface area contributed by atoms with Crippen molar-refractivity contribution < 1.29 is 9.90 Å². The molecule has 2 rings (SSSR count). The first-order chi connectivity index (χ1) is 10.1. The van der Waals surface area contributed by atoms with Crippen molar-refractivity contribution in [1.29, 1.82) is 0 Å². The molecule has 1 amide bonds. The van der Waals surface area contributed by atoms with E-state index in [1.807, 2.05) is 24.3 Å². The fourth-order valence-corrected chi connectivity index (χ4v) is 2.76. The first-order valence-electron chi connectivity index (χ1n) is 6.58. The third-order valence-corrected chi connectivity index (χ3v) is 4.13. The van der Waals surface area contributed by atoms with Crippen LogP contribution in [-0.4, -0.2) is 23.7 Å². The van der Waals surface area contributed by atoms with Crippen LogP contribution in [0.25, 0.3) is 0 Å². The van der Waals surface area contributed by atoms with Crippen molar-refractivity contribution in [2.45, 2.75) is 19.5 Å². The molecule has 1 aromatic carbocycles. The number of hydrogen-bond acceptors (Lipinski definition) is 4. The molecule has 4 nitrogen and oxygen atoms in total. The van der Waals surface area contributed by atoms with E-state index in [9.17, 15) is 4.79 Å². The van der Waals surface area contributed by atoms with E-state index < -0.39 is 0 Å². The van der Waals surface area contributed by atoms with Gasteiger partial charge in [0.05, 0.1) is 10.9 Å². The molecule has 1 aromatic heterocycles. The van der Waals surface area contributed by atoms with Gasteiger partial charge in [0.15, 0.2) is 0 Å². The zero-order chi connectivity index (χ0) is 15.2. The Morgan fingerprint density at radius 1 is 1.29 bits per heavy atom. The van der Waals surface area contributed by atoms with Crippen molar-refractivity contribution in [3.8, 4) is 0 Å². The smallest absolute Gasteiger partial charge is 0.251 e. The Labute approximate surface area is 132 Å². The van der Waals surface area contributed by atoms with Gasteiger partial charge in [0, 0.05) is 28.7 Å². The van der Waals surface area contributed by atoms with Gasteiger partial charge < -0.3 is 15.7 Å². The Morgan fingerprint density at radius 2 is 2.00 bits per heavy atom. The summed E-state index contributed by atoms with van der Waals surface area (Å²) in [4.78, 5) is 13.0. The molecule has 0 fully saturated rings.